The Morgan fingerprint density at radius 1 is 1.39 bits per heavy atom. The van der Waals surface area contributed by atoms with E-state index in [1.165, 1.54) is 11.5 Å². The molecule has 4 nitrogen and oxygen atoms in total. The number of rotatable bonds is 3. The predicted molar refractivity (Wildman–Crippen MR) is 73.4 cm³/mol. The maximum Gasteiger partial charge on any atom is 0.265 e. The Morgan fingerprint density at radius 3 is 2.67 bits per heavy atom. The van der Waals surface area contributed by atoms with Crippen LogP contribution in [0.1, 0.15) is 60.8 Å². The zero-order valence-electron chi connectivity index (χ0n) is 10.6. The molecule has 1 N–H and O–H groups in total. The lowest BCUT2D eigenvalue weighted by molar-refractivity contribution is 0.0930. The maximum absolute atomic E-state index is 12.2. The summed E-state index contributed by atoms with van der Waals surface area (Å²) in [4.78, 5) is 12.8. The van der Waals surface area contributed by atoms with Crippen LogP contribution < -0.4 is 5.32 Å². The van der Waals surface area contributed by atoms with E-state index in [1.807, 2.05) is 13.8 Å². The van der Waals surface area contributed by atoms with Crippen LogP contribution in [0, 0.1) is 0 Å². The quantitative estimate of drug-likeness (QED) is 0.870. The summed E-state index contributed by atoms with van der Waals surface area (Å²) in [5.74, 6) is 0.190. The van der Waals surface area contributed by atoms with Crippen molar-refractivity contribution in [1.82, 2.24) is 14.9 Å². The van der Waals surface area contributed by atoms with E-state index in [1.54, 1.807) is 0 Å². The monoisotopic (exact) mass is 287 g/mol. The highest BCUT2D eigenvalue weighted by molar-refractivity contribution is 7.08. The van der Waals surface area contributed by atoms with Crippen molar-refractivity contribution < 1.29 is 4.79 Å². The Balaban J connectivity index is 1.97. The first kappa shape index (κ1) is 13.7. The summed E-state index contributed by atoms with van der Waals surface area (Å²) >= 11 is 7.23. The fourth-order valence-electron chi connectivity index (χ4n) is 2.18. The largest absolute Gasteiger partial charge is 0.349 e. The third-order valence-electron chi connectivity index (χ3n) is 3.26. The minimum atomic E-state index is -0.0354. The van der Waals surface area contributed by atoms with Gasteiger partial charge in [-0.15, -0.1) is 16.7 Å². The molecule has 1 aromatic heterocycles. The van der Waals surface area contributed by atoms with Crippen molar-refractivity contribution in [1.29, 1.82) is 0 Å². The number of nitrogens with zero attached hydrogens (tertiary/aromatic N) is 2. The summed E-state index contributed by atoms with van der Waals surface area (Å²) in [5.41, 5.74) is 0.795. The van der Waals surface area contributed by atoms with Crippen LogP contribution in [0.15, 0.2) is 0 Å². The molecule has 0 atom stereocenters. The number of hydrogen-bond donors (Lipinski definition) is 1. The highest BCUT2D eigenvalue weighted by Gasteiger charge is 2.24. The topological polar surface area (TPSA) is 54.9 Å². The molecule has 100 valence electrons. The third kappa shape index (κ3) is 3.20. The van der Waals surface area contributed by atoms with Crippen molar-refractivity contribution in [3.63, 3.8) is 0 Å². The number of amides is 1. The van der Waals surface area contributed by atoms with E-state index in [-0.39, 0.29) is 23.2 Å². The molecule has 0 spiro atoms. The van der Waals surface area contributed by atoms with Crippen LogP contribution in [0.25, 0.3) is 0 Å². The molecule has 2 rings (SSSR count). The molecular formula is C12H18ClN3OS. The normalized spacial score (nSPS) is 24.2. The minimum Gasteiger partial charge on any atom is -0.349 e. The first-order valence-corrected chi connectivity index (χ1v) is 7.56. The highest BCUT2D eigenvalue weighted by Crippen LogP contribution is 2.24. The number of carbonyl (C=O) groups excluding carboxylic acids is 1. The second kappa shape index (κ2) is 5.97. The van der Waals surface area contributed by atoms with Crippen molar-refractivity contribution in [2.45, 2.75) is 56.9 Å². The van der Waals surface area contributed by atoms with Gasteiger partial charge in [0.15, 0.2) is 0 Å². The summed E-state index contributed by atoms with van der Waals surface area (Å²) in [6.07, 6.45) is 3.88. The summed E-state index contributed by atoms with van der Waals surface area (Å²) in [7, 11) is 0. The molecule has 0 aromatic carbocycles. The Hall–Kier alpha value is -0.680. The van der Waals surface area contributed by atoms with E-state index < -0.39 is 0 Å². The van der Waals surface area contributed by atoms with Gasteiger partial charge in [0.05, 0.1) is 5.69 Å². The first-order chi connectivity index (χ1) is 8.58. The van der Waals surface area contributed by atoms with E-state index >= 15 is 0 Å². The lowest BCUT2D eigenvalue weighted by atomic mass is 9.95. The fraction of sp³-hybridized carbons (Fsp3) is 0.750. The van der Waals surface area contributed by atoms with Crippen LogP contribution in [-0.2, 0) is 0 Å². The molecule has 1 heterocycles. The van der Waals surface area contributed by atoms with E-state index in [9.17, 15) is 4.79 Å². The summed E-state index contributed by atoms with van der Waals surface area (Å²) in [5, 5.41) is 7.37. The Kier molecular flexibility index (Phi) is 4.56. The lowest BCUT2D eigenvalue weighted by Crippen LogP contribution is -2.37. The summed E-state index contributed by atoms with van der Waals surface area (Å²) in [6.45, 7) is 4.04. The molecule has 0 bridgehead atoms. The first-order valence-electron chi connectivity index (χ1n) is 6.35. The maximum atomic E-state index is 12.2. The second-order valence-electron chi connectivity index (χ2n) is 5.06. The molecule has 1 fully saturated rings. The van der Waals surface area contributed by atoms with Gasteiger partial charge in [-0.2, -0.15) is 0 Å². The molecule has 0 unspecified atom stereocenters. The van der Waals surface area contributed by atoms with Crippen molar-refractivity contribution in [3.8, 4) is 0 Å². The van der Waals surface area contributed by atoms with Gasteiger partial charge in [-0.1, -0.05) is 18.3 Å². The van der Waals surface area contributed by atoms with Gasteiger partial charge in [0.25, 0.3) is 5.91 Å². The zero-order chi connectivity index (χ0) is 13.1. The van der Waals surface area contributed by atoms with Crippen molar-refractivity contribution in [2.75, 3.05) is 0 Å². The van der Waals surface area contributed by atoms with Crippen LogP contribution >= 0.6 is 23.1 Å². The van der Waals surface area contributed by atoms with Crippen LogP contribution in [0.5, 0.6) is 0 Å². The molecule has 0 radical (unpaired) electrons. The Bertz CT molecular complexity index is 413. The number of hydrogen-bond acceptors (Lipinski definition) is 4. The lowest BCUT2D eigenvalue weighted by Gasteiger charge is -2.25. The average Bonchev–Trinajstić information content (AvgIpc) is 2.81. The Labute approximate surface area is 116 Å². The van der Waals surface area contributed by atoms with Crippen molar-refractivity contribution in [2.24, 2.45) is 0 Å². The van der Waals surface area contributed by atoms with Crippen LogP contribution in [0.4, 0.5) is 0 Å². The Morgan fingerprint density at radius 2 is 2.06 bits per heavy atom. The van der Waals surface area contributed by atoms with E-state index in [2.05, 4.69) is 14.9 Å². The zero-order valence-corrected chi connectivity index (χ0v) is 12.2. The van der Waals surface area contributed by atoms with Gasteiger partial charge in [-0.25, -0.2) is 0 Å². The molecule has 1 amide bonds. The SMILES string of the molecule is CC(C)c1nnsc1C(=O)NC1CCC(Cl)CC1. The number of nitrogens with one attached hydrogen (secondary N) is 1. The predicted octanol–water partition coefficient (Wildman–Crippen LogP) is 2.94. The molecule has 1 aromatic rings. The number of halogens is 1. The molecule has 6 heteroatoms. The van der Waals surface area contributed by atoms with Crippen LogP contribution in [0.3, 0.4) is 0 Å². The van der Waals surface area contributed by atoms with Crippen LogP contribution in [-0.4, -0.2) is 26.9 Å². The molecule has 1 aliphatic carbocycles. The van der Waals surface area contributed by atoms with E-state index in [4.69, 9.17) is 11.6 Å². The molecule has 0 saturated heterocycles. The third-order valence-corrected chi connectivity index (χ3v) is 4.44. The standard InChI is InChI=1S/C12H18ClN3OS/c1-7(2)10-11(18-16-15-10)12(17)14-9-5-3-8(13)4-6-9/h7-9H,3-6H2,1-2H3,(H,14,17). The average molecular weight is 288 g/mol. The summed E-state index contributed by atoms with van der Waals surface area (Å²) < 4.78 is 3.88. The second-order valence-corrected chi connectivity index (χ2v) is 6.44. The molecule has 18 heavy (non-hydrogen) atoms. The van der Waals surface area contributed by atoms with Gasteiger partial charge < -0.3 is 5.32 Å². The number of carbonyl (C=O) groups is 1. The van der Waals surface area contributed by atoms with Gasteiger partial charge >= 0.3 is 0 Å². The van der Waals surface area contributed by atoms with Crippen molar-refractivity contribution >= 4 is 29.0 Å². The minimum absolute atomic E-state index is 0.0354. The smallest absolute Gasteiger partial charge is 0.265 e. The van der Waals surface area contributed by atoms with Crippen molar-refractivity contribution in [3.05, 3.63) is 10.6 Å². The van der Waals surface area contributed by atoms with Gasteiger partial charge in [0, 0.05) is 11.4 Å². The van der Waals surface area contributed by atoms with Crippen LogP contribution in [0.2, 0.25) is 0 Å². The van der Waals surface area contributed by atoms with E-state index in [0.717, 1.165) is 31.4 Å². The fourth-order valence-corrected chi connectivity index (χ4v) is 3.16. The van der Waals surface area contributed by atoms with Gasteiger partial charge in [-0.05, 0) is 43.1 Å². The van der Waals surface area contributed by atoms with Gasteiger partial charge in [-0.3, -0.25) is 4.79 Å². The van der Waals surface area contributed by atoms with Gasteiger partial charge in [0.1, 0.15) is 4.88 Å². The van der Waals surface area contributed by atoms with E-state index in [0.29, 0.717) is 4.88 Å². The van der Waals surface area contributed by atoms with Gasteiger partial charge in [0.2, 0.25) is 0 Å². The number of alkyl halides is 1. The summed E-state index contributed by atoms with van der Waals surface area (Å²) in [6, 6.07) is 0.245. The molecule has 1 saturated carbocycles. The molecule has 0 aliphatic heterocycles. The molecule has 1 aliphatic rings. The molecular weight excluding hydrogens is 270 g/mol. The highest BCUT2D eigenvalue weighted by atomic mass is 35.5. The number of aromatic nitrogens is 2.